The summed E-state index contributed by atoms with van der Waals surface area (Å²) in [5.41, 5.74) is -0.132. The Hall–Kier alpha value is -4.48. The number of rotatable bonds is 17. The number of carbonyl (C=O) groups is 5. The largest absolute Gasteiger partial charge is 0.341 e. The van der Waals surface area contributed by atoms with Gasteiger partial charge in [-0.25, -0.2) is 9.97 Å². The first kappa shape index (κ1) is 32.0. The SMILES string of the molecule is CCC(CC)CCC(=O)Cn1cccc(CC(=O)[C@H](CCC(=O)C(=O)c2cn(C)cn2)NC(=O)c2cncn2C)c1=O. The molecule has 0 bridgehead atoms. The molecule has 0 aliphatic carbocycles. The van der Waals surface area contributed by atoms with Crippen molar-refractivity contribution in [1.29, 1.82) is 0 Å². The van der Waals surface area contributed by atoms with Crippen LogP contribution in [0.25, 0.3) is 0 Å². The summed E-state index contributed by atoms with van der Waals surface area (Å²) in [6.07, 6.45) is 9.39. The summed E-state index contributed by atoms with van der Waals surface area (Å²) < 4.78 is 4.30. The van der Waals surface area contributed by atoms with E-state index in [1.165, 1.54) is 51.0 Å². The monoisotopic (exact) mass is 578 g/mol. The second-order valence-corrected chi connectivity index (χ2v) is 10.5. The number of Topliss-reactive ketones (excluding diaryl/α,β-unsaturated/α-hetero) is 4. The molecule has 3 heterocycles. The zero-order chi connectivity index (χ0) is 30.8. The van der Waals surface area contributed by atoms with Crippen LogP contribution < -0.4 is 10.9 Å². The van der Waals surface area contributed by atoms with Gasteiger partial charge in [-0.05, 0) is 24.8 Å². The van der Waals surface area contributed by atoms with Crippen LogP contribution in [-0.2, 0) is 41.4 Å². The number of hydrogen-bond acceptors (Lipinski definition) is 8. The van der Waals surface area contributed by atoms with Gasteiger partial charge in [0.25, 0.3) is 11.5 Å². The molecule has 3 aromatic heterocycles. The number of imidazole rings is 2. The molecular formula is C30H38N6O6. The van der Waals surface area contributed by atoms with Crippen LogP contribution in [0.3, 0.4) is 0 Å². The molecule has 0 saturated carbocycles. The number of hydrogen-bond donors (Lipinski definition) is 1. The number of nitrogens with one attached hydrogen (secondary N) is 1. The molecule has 0 fully saturated rings. The Morgan fingerprint density at radius 1 is 1.00 bits per heavy atom. The highest BCUT2D eigenvalue weighted by Gasteiger charge is 2.27. The van der Waals surface area contributed by atoms with Crippen LogP contribution in [0.1, 0.15) is 78.9 Å². The minimum Gasteiger partial charge on any atom is -0.341 e. The van der Waals surface area contributed by atoms with Crippen molar-refractivity contribution in [2.24, 2.45) is 20.0 Å². The molecule has 12 heteroatoms. The summed E-state index contributed by atoms with van der Waals surface area (Å²) in [4.78, 5) is 84.9. The van der Waals surface area contributed by atoms with Crippen LogP contribution >= 0.6 is 0 Å². The third-order valence-electron chi connectivity index (χ3n) is 7.39. The normalized spacial score (nSPS) is 11.8. The number of amides is 1. The minimum atomic E-state index is -1.16. The Labute approximate surface area is 244 Å². The molecule has 42 heavy (non-hydrogen) atoms. The van der Waals surface area contributed by atoms with Gasteiger partial charge in [-0.3, -0.25) is 28.8 Å². The molecule has 0 aromatic carbocycles. The van der Waals surface area contributed by atoms with E-state index in [9.17, 15) is 28.8 Å². The van der Waals surface area contributed by atoms with Gasteiger partial charge in [-0.15, -0.1) is 0 Å². The Balaban J connectivity index is 1.73. The van der Waals surface area contributed by atoms with E-state index in [0.29, 0.717) is 12.3 Å². The van der Waals surface area contributed by atoms with Gasteiger partial charge in [-0.2, -0.15) is 0 Å². The predicted molar refractivity (Wildman–Crippen MR) is 154 cm³/mol. The molecule has 0 aliphatic heterocycles. The summed E-state index contributed by atoms with van der Waals surface area (Å²) in [5, 5.41) is 2.63. The highest BCUT2D eigenvalue weighted by atomic mass is 16.2. The number of aryl methyl sites for hydroxylation is 2. The van der Waals surface area contributed by atoms with Crippen LogP contribution in [0.2, 0.25) is 0 Å². The summed E-state index contributed by atoms with van der Waals surface area (Å²) in [6, 6.07) is 1.93. The van der Waals surface area contributed by atoms with Gasteiger partial charge in [0, 0.05) is 51.3 Å². The standard InChI is InChI=1S/C30H38N6O6/c1-5-20(6-2)9-10-22(37)16-36-13-7-8-21(30(36)42)14-27(39)23(33-29(41)25-15-31-18-35(25)4)11-12-26(38)28(40)24-17-34(3)19-32-24/h7-8,13,15,17-20,23H,5-6,9-12,14,16H2,1-4H3,(H,33,41)/t23-/m0/s1. The lowest BCUT2D eigenvalue weighted by molar-refractivity contribution is -0.121. The quantitative estimate of drug-likeness (QED) is 0.189. The molecule has 0 aliphatic rings. The van der Waals surface area contributed by atoms with Crippen molar-refractivity contribution in [2.45, 2.75) is 71.4 Å². The number of carbonyl (C=O) groups excluding carboxylic acids is 5. The van der Waals surface area contributed by atoms with E-state index in [4.69, 9.17) is 0 Å². The molecule has 1 N–H and O–H groups in total. The van der Waals surface area contributed by atoms with E-state index in [1.54, 1.807) is 20.2 Å². The topological polar surface area (TPSA) is 155 Å². The van der Waals surface area contributed by atoms with Gasteiger partial charge >= 0.3 is 0 Å². The molecule has 0 saturated heterocycles. The molecule has 224 valence electrons. The fourth-order valence-corrected chi connectivity index (χ4v) is 4.67. The second kappa shape index (κ2) is 14.9. The lowest BCUT2D eigenvalue weighted by Gasteiger charge is -2.18. The van der Waals surface area contributed by atoms with Crippen molar-refractivity contribution in [3.8, 4) is 0 Å². The lowest BCUT2D eigenvalue weighted by atomic mass is 9.96. The first-order valence-corrected chi connectivity index (χ1v) is 14.1. The fourth-order valence-electron chi connectivity index (χ4n) is 4.67. The van der Waals surface area contributed by atoms with Crippen molar-refractivity contribution in [3.63, 3.8) is 0 Å². The van der Waals surface area contributed by atoms with E-state index >= 15 is 0 Å². The average Bonchev–Trinajstić information content (AvgIpc) is 3.60. The van der Waals surface area contributed by atoms with Crippen LogP contribution in [0.5, 0.6) is 0 Å². The fraction of sp³-hybridized carbons (Fsp3) is 0.467. The van der Waals surface area contributed by atoms with Crippen LogP contribution in [0.15, 0.2) is 48.2 Å². The number of ketones is 4. The smallest absolute Gasteiger partial charge is 0.270 e. The predicted octanol–water partition coefficient (Wildman–Crippen LogP) is 2.24. The number of nitrogens with zero attached hydrogens (tertiary/aromatic N) is 5. The number of pyridine rings is 1. The third-order valence-corrected chi connectivity index (χ3v) is 7.39. The van der Waals surface area contributed by atoms with Gasteiger partial charge in [-0.1, -0.05) is 32.8 Å². The maximum Gasteiger partial charge on any atom is 0.270 e. The van der Waals surface area contributed by atoms with Crippen molar-refractivity contribution in [3.05, 3.63) is 70.7 Å². The molecule has 0 unspecified atom stereocenters. The summed E-state index contributed by atoms with van der Waals surface area (Å²) in [7, 11) is 3.28. The second-order valence-electron chi connectivity index (χ2n) is 10.5. The Morgan fingerprint density at radius 2 is 1.74 bits per heavy atom. The van der Waals surface area contributed by atoms with Crippen LogP contribution in [-0.4, -0.2) is 58.8 Å². The molecule has 1 atom stereocenters. The van der Waals surface area contributed by atoms with Crippen molar-refractivity contribution in [1.82, 2.24) is 29.0 Å². The highest BCUT2D eigenvalue weighted by Crippen LogP contribution is 2.15. The zero-order valence-corrected chi connectivity index (χ0v) is 24.5. The summed E-state index contributed by atoms with van der Waals surface area (Å²) in [5.74, 6) is -2.26. The number of aromatic nitrogens is 5. The van der Waals surface area contributed by atoms with Gasteiger partial charge < -0.3 is 19.0 Å². The molecule has 12 nitrogen and oxygen atoms in total. The average molecular weight is 579 g/mol. The Bertz CT molecular complexity index is 1500. The summed E-state index contributed by atoms with van der Waals surface area (Å²) >= 11 is 0. The summed E-state index contributed by atoms with van der Waals surface area (Å²) in [6.45, 7) is 4.08. The van der Waals surface area contributed by atoms with E-state index in [0.717, 1.165) is 19.3 Å². The lowest BCUT2D eigenvalue weighted by Crippen LogP contribution is -2.43. The first-order valence-electron chi connectivity index (χ1n) is 14.1. The Kier molecular flexibility index (Phi) is 11.4. The molecule has 3 rings (SSSR count). The molecule has 3 aromatic rings. The highest BCUT2D eigenvalue weighted by molar-refractivity contribution is 6.43. The molecular weight excluding hydrogens is 540 g/mol. The van der Waals surface area contributed by atoms with Crippen molar-refractivity contribution >= 4 is 29.0 Å². The molecule has 1 amide bonds. The Morgan fingerprint density at radius 3 is 2.36 bits per heavy atom. The van der Waals surface area contributed by atoms with Gasteiger partial charge in [0.2, 0.25) is 11.6 Å². The van der Waals surface area contributed by atoms with E-state index in [2.05, 4.69) is 29.1 Å². The third kappa shape index (κ3) is 8.51. The van der Waals surface area contributed by atoms with Crippen LogP contribution in [0.4, 0.5) is 0 Å². The van der Waals surface area contributed by atoms with E-state index < -0.39 is 34.9 Å². The van der Waals surface area contributed by atoms with Gasteiger partial charge in [0.05, 0.1) is 31.4 Å². The minimum absolute atomic E-state index is 0.0106. The van der Waals surface area contributed by atoms with Crippen LogP contribution in [0, 0.1) is 5.92 Å². The molecule has 0 radical (unpaired) electrons. The first-order chi connectivity index (χ1) is 20.0. The maximum absolute atomic E-state index is 13.4. The molecule has 0 spiro atoms. The van der Waals surface area contributed by atoms with Gasteiger partial charge in [0.15, 0.2) is 11.6 Å². The van der Waals surface area contributed by atoms with Crippen molar-refractivity contribution < 1.29 is 24.0 Å². The van der Waals surface area contributed by atoms with E-state index in [1.807, 2.05) is 0 Å². The van der Waals surface area contributed by atoms with E-state index in [-0.39, 0.29) is 48.5 Å². The zero-order valence-electron chi connectivity index (χ0n) is 24.5. The van der Waals surface area contributed by atoms with Crippen molar-refractivity contribution in [2.75, 3.05) is 0 Å². The van der Waals surface area contributed by atoms with Gasteiger partial charge in [0.1, 0.15) is 11.4 Å². The maximum atomic E-state index is 13.4.